The van der Waals surface area contributed by atoms with E-state index in [1.165, 1.54) is 0 Å². The van der Waals surface area contributed by atoms with Gasteiger partial charge in [0.05, 0.1) is 31.6 Å². The van der Waals surface area contributed by atoms with Gasteiger partial charge in [0.2, 0.25) is 0 Å². The molecule has 1 rings (SSSR count). The lowest BCUT2D eigenvalue weighted by Crippen LogP contribution is -2.54. The maximum atomic E-state index is 13.7. The normalized spacial score (nSPS) is 18.9. The van der Waals surface area contributed by atoms with Crippen molar-refractivity contribution in [2.24, 2.45) is 0 Å². The van der Waals surface area contributed by atoms with Gasteiger partial charge in [0.25, 0.3) is 0 Å². The third-order valence-electron chi connectivity index (χ3n) is 4.87. The standard InChI is InChI=1S/C18H41N3O6P2/c1-8-24-28(22,25-9-2)17(19-21-14-12-20(7)13-15-21)16-18(5,6)29(23,26-10-3)27-11-4/h17,19H,8-16H2,1-7H3. The third kappa shape index (κ3) is 7.67. The van der Waals surface area contributed by atoms with Crippen LogP contribution < -0.4 is 5.43 Å². The Morgan fingerprint density at radius 3 is 1.72 bits per heavy atom. The molecule has 0 radical (unpaired) electrons. The van der Waals surface area contributed by atoms with Crippen molar-refractivity contribution in [1.82, 2.24) is 15.3 Å². The maximum absolute atomic E-state index is 13.7. The van der Waals surface area contributed by atoms with Crippen molar-refractivity contribution in [2.45, 2.75) is 58.9 Å². The molecule has 1 atom stereocenters. The zero-order valence-corrected chi connectivity index (χ0v) is 21.0. The summed E-state index contributed by atoms with van der Waals surface area (Å²) in [4.78, 5) is 2.24. The Labute approximate surface area is 176 Å². The average molecular weight is 457 g/mol. The van der Waals surface area contributed by atoms with Crippen molar-refractivity contribution in [2.75, 3.05) is 59.7 Å². The summed E-state index contributed by atoms with van der Waals surface area (Å²) in [6.07, 6.45) is 0.244. The molecule has 29 heavy (non-hydrogen) atoms. The molecular formula is C18H41N3O6P2. The molecule has 174 valence electrons. The zero-order chi connectivity index (χ0) is 22.1. The molecule has 1 unspecified atom stereocenters. The molecule has 11 heteroatoms. The number of piperazine rings is 1. The zero-order valence-electron chi connectivity index (χ0n) is 19.2. The summed E-state index contributed by atoms with van der Waals surface area (Å²) in [6.45, 7) is 15.2. The predicted molar refractivity (Wildman–Crippen MR) is 116 cm³/mol. The third-order valence-corrected chi connectivity index (χ3v) is 10.0. The van der Waals surface area contributed by atoms with Crippen LogP contribution in [0.3, 0.4) is 0 Å². The molecule has 0 bridgehead atoms. The fourth-order valence-corrected chi connectivity index (χ4v) is 7.41. The van der Waals surface area contributed by atoms with Gasteiger partial charge in [-0.2, -0.15) is 0 Å². The van der Waals surface area contributed by atoms with Crippen LogP contribution in [-0.4, -0.2) is 80.5 Å². The van der Waals surface area contributed by atoms with Crippen molar-refractivity contribution < 1.29 is 27.2 Å². The van der Waals surface area contributed by atoms with Gasteiger partial charge < -0.3 is 23.0 Å². The highest BCUT2D eigenvalue weighted by atomic mass is 31.2. The Morgan fingerprint density at radius 2 is 1.31 bits per heavy atom. The van der Waals surface area contributed by atoms with Crippen LogP contribution in [0.5, 0.6) is 0 Å². The number of nitrogens with zero attached hydrogens (tertiary/aromatic N) is 2. The van der Waals surface area contributed by atoms with Crippen molar-refractivity contribution in [3.05, 3.63) is 0 Å². The maximum Gasteiger partial charge on any atom is 0.348 e. The second-order valence-corrected chi connectivity index (χ2v) is 12.6. The average Bonchev–Trinajstić information content (AvgIpc) is 2.63. The first-order valence-corrected chi connectivity index (χ1v) is 13.7. The second kappa shape index (κ2) is 12.3. The number of hydrogen-bond donors (Lipinski definition) is 1. The van der Waals surface area contributed by atoms with Crippen LogP contribution in [-0.2, 0) is 27.2 Å². The lowest BCUT2D eigenvalue weighted by Gasteiger charge is -2.40. The summed E-state index contributed by atoms with van der Waals surface area (Å²) in [5, 5.41) is 1.14. The minimum Gasteiger partial charge on any atom is -0.308 e. The summed E-state index contributed by atoms with van der Waals surface area (Å²) in [5.41, 5.74) is 3.36. The SMILES string of the molecule is CCOP(=O)(OCC)C(CC(C)(C)P(=O)(OCC)OCC)NN1CCN(C)CC1. The summed E-state index contributed by atoms with van der Waals surface area (Å²) in [6, 6.07) is 0. The van der Waals surface area contributed by atoms with Crippen molar-refractivity contribution in [3.63, 3.8) is 0 Å². The summed E-state index contributed by atoms with van der Waals surface area (Å²) < 4.78 is 49.6. The molecule has 0 aromatic heterocycles. The quantitative estimate of drug-likeness (QED) is 0.392. The molecule has 1 aliphatic rings. The van der Waals surface area contributed by atoms with Gasteiger partial charge >= 0.3 is 15.2 Å². The van der Waals surface area contributed by atoms with E-state index in [0.717, 1.165) is 26.2 Å². The molecule has 0 amide bonds. The van der Waals surface area contributed by atoms with Gasteiger partial charge in [-0.3, -0.25) is 9.13 Å². The molecule has 0 aliphatic carbocycles. The summed E-state index contributed by atoms with van der Waals surface area (Å²) >= 11 is 0. The van der Waals surface area contributed by atoms with Crippen LogP contribution in [0.15, 0.2) is 0 Å². The molecular weight excluding hydrogens is 416 g/mol. The molecule has 0 aromatic carbocycles. The molecule has 1 heterocycles. The molecule has 1 aliphatic heterocycles. The number of rotatable bonds is 14. The van der Waals surface area contributed by atoms with E-state index in [1.807, 2.05) is 18.9 Å². The molecule has 0 spiro atoms. The highest BCUT2D eigenvalue weighted by Gasteiger charge is 2.49. The Balaban J connectivity index is 3.17. The van der Waals surface area contributed by atoms with E-state index in [1.54, 1.807) is 27.7 Å². The first-order chi connectivity index (χ1) is 13.6. The highest BCUT2D eigenvalue weighted by molar-refractivity contribution is 7.56. The van der Waals surface area contributed by atoms with Crippen LogP contribution in [0.4, 0.5) is 0 Å². The summed E-state index contributed by atoms with van der Waals surface area (Å²) in [5.74, 6) is -0.671. The van der Waals surface area contributed by atoms with E-state index >= 15 is 0 Å². The fourth-order valence-electron chi connectivity index (χ4n) is 3.26. The van der Waals surface area contributed by atoms with E-state index < -0.39 is 26.1 Å². The smallest absolute Gasteiger partial charge is 0.308 e. The lowest BCUT2D eigenvalue weighted by molar-refractivity contribution is 0.0849. The van der Waals surface area contributed by atoms with E-state index in [9.17, 15) is 9.13 Å². The van der Waals surface area contributed by atoms with Gasteiger partial charge in [0, 0.05) is 26.2 Å². The first kappa shape index (κ1) is 27.2. The minimum absolute atomic E-state index is 0.244. The fraction of sp³-hybridized carbons (Fsp3) is 1.00. The number of likely N-dealkylation sites (N-methyl/N-ethyl adjacent to an activating group) is 1. The van der Waals surface area contributed by atoms with Crippen LogP contribution in [0.25, 0.3) is 0 Å². The topological polar surface area (TPSA) is 89.6 Å². The predicted octanol–water partition coefficient (Wildman–Crippen LogP) is 3.77. The van der Waals surface area contributed by atoms with Gasteiger partial charge in [-0.05, 0) is 55.0 Å². The Kier molecular flexibility index (Phi) is 11.5. The largest absolute Gasteiger partial charge is 0.348 e. The number of nitrogens with one attached hydrogen (secondary N) is 1. The molecule has 0 aromatic rings. The minimum atomic E-state index is -3.51. The Bertz CT molecular complexity index is 550. The van der Waals surface area contributed by atoms with Gasteiger partial charge in [-0.1, -0.05) is 0 Å². The molecule has 9 nitrogen and oxygen atoms in total. The van der Waals surface area contributed by atoms with Crippen LogP contribution in [0.2, 0.25) is 0 Å². The van der Waals surface area contributed by atoms with E-state index in [2.05, 4.69) is 17.4 Å². The molecule has 1 saturated heterocycles. The lowest BCUT2D eigenvalue weighted by atomic mass is 10.1. The van der Waals surface area contributed by atoms with Gasteiger partial charge in [-0.15, -0.1) is 0 Å². The second-order valence-electron chi connectivity index (χ2n) is 7.66. The van der Waals surface area contributed by atoms with Crippen LogP contribution in [0, 0.1) is 0 Å². The van der Waals surface area contributed by atoms with E-state index in [0.29, 0.717) is 0 Å². The highest BCUT2D eigenvalue weighted by Crippen LogP contribution is 2.64. The van der Waals surface area contributed by atoms with Gasteiger partial charge in [0.1, 0.15) is 5.78 Å². The van der Waals surface area contributed by atoms with Gasteiger partial charge in [-0.25, -0.2) is 10.4 Å². The Hall–Kier alpha value is 0.180. The van der Waals surface area contributed by atoms with Crippen LogP contribution >= 0.6 is 15.2 Å². The number of hydrazine groups is 1. The molecule has 0 saturated carbocycles. The van der Waals surface area contributed by atoms with Crippen molar-refractivity contribution in [1.29, 1.82) is 0 Å². The molecule has 1 N–H and O–H groups in total. The monoisotopic (exact) mass is 457 g/mol. The summed E-state index contributed by atoms with van der Waals surface area (Å²) in [7, 11) is -4.89. The first-order valence-electron chi connectivity index (χ1n) is 10.5. The van der Waals surface area contributed by atoms with Crippen molar-refractivity contribution >= 4 is 15.2 Å². The Morgan fingerprint density at radius 1 is 0.862 bits per heavy atom. The van der Waals surface area contributed by atoms with Crippen molar-refractivity contribution in [3.8, 4) is 0 Å². The van der Waals surface area contributed by atoms with E-state index in [4.69, 9.17) is 18.1 Å². The number of hydrogen-bond acceptors (Lipinski definition) is 9. The molecule has 1 fully saturated rings. The van der Waals surface area contributed by atoms with E-state index in [-0.39, 0.29) is 32.8 Å². The van der Waals surface area contributed by atoms with Crippen LogP contribution in [0.1, 0.15) is 48.0 Å². The van der Waals surface area contributed by atoms with Gasteiger partial charge in [0.15, 0.2) is 0 Å².